The Hall–Kier alpha value is -5.96. The van der Waals surface area contributed by atoms with Crippen LogP contribution in [0.3, 0.4) is 0 Å². The van der Waals surface area contributed by atoms with Gasteiger partial charge in [0, 0.05) is 42.6 Å². The van der Waals surface area contributed by atoms with Crippen molar-refractivity contribution < 1.29 is 0 Å². The van der Waals surface area contributed by atoms with Crippen LogP contribution in [0.2, 0.25) is 0 Å². The van der Waals surface area contributed by atoms with Gasteiger partial charge in [0.15, 0.2) is 0 Å². The summed E-state index contributed by atoms with van der Waals surface area (Å²) in [5.74, 6) is 0. The molecule has 0 amide bonds. The normalized spacial score (nSPS) is 14.4. The van der Waals surface area contributed by atoms with E-state index in [-0.39, 0.29) is 5.41 Å². The summed E-state index contributed by atoms with van der Waals surface area (Å²) < 4.78 is 2.63. The fraction of sp³-hybridized carbons (Fsp3) is 0.148. The predicted octanol–water partition coefficient (Wildman–Crippen LogP) is 16.0. The van der Waals surface area contributed by atoms with Gasteiger partial charge < -0.3 is 4.90 Å². The molecule has 1 heterocycles. The Labute approximate surface area is 334 Å². The lowest BCUT2D eigenvalue weighted by atomic mass is 9.67. The van der Waals surface area contributed by atoms with Gasteiger partial charge in [-0.05, 0) is 112 Å². The number of anilines is 3. The topological polar surface area (TPSA) is 3.24 Å². The van der Waals surface area contributed by atoms with E-state index in [0.29, 0.717) is 0 Å². The Morgan fingerprint density at radius 2 is 1.00 bits per heavy atom. The zero-order chi connectivity index (χ0) is 37.3. The minimum Gasteiger partial charge on any atom is -0.310 e. The van der Waals surface area contributed by atoms with Crippen molar-refractivity contribution in [3.63, 3.8) is 0 Å². The van der Waals surface area contributed by atoms with E-state index in [1.165, 1.54) is 115 Å². The Morgan fingerprint density at radius 1 is 0.393 bits per heavy atom. The second kappa shape index (κ2) is 14.9. The summed E-state index contributed by atoms with van der Waals surface area (Å²) in [6.45, 7) is 0. The SMILES string of the molecule is c1ccc(-c2cccc3sc4ccc(N(c5ccc(-c6ccc7ccccc7c6)cc5)c5ccc(C6(c7ccccc7)CCCCCCC6)cc5)cc4c23)cc1. The van der Waals surface area contributed by atoms with E-state index in [4.69, 9.17) is 0 Å². The highest BCUT2D eigenvalue weighted by atomic mass is 32.1. The van der Waals surface area contributed by atoms with E-state index in [1.54, 1.807) is 0 Å². The fourth-order valence-corrected chi connectivity index (χ4v) is 10.5. The summed E-state index contributed by atoms with van der Waals surface area (Å²) in [6, 6.07) is 70.1. The summed E-state index contributed by atoms with van der Waals surface area (Å²) in [7, 11) is 0. The first-order chi connectivity index (χ1) is 27.7. The van der Waals surface area contributed by atoms with Crippen molar-refractivity contribution in [1.29, 1.82) is 0 Å². The molecule has 10 rings (SSSR count). The van der Waals surface area contributed by atoms with Crippen LogP contribution in [-0.4, -0.2) is 0 Å². The van der Waals surface area contributed by atoms with Gasteiger partial charge in [-0.15, -0.1) is 11.3 Å². The molecule has 0 radical (unpaired) electrons. The predicted molar refractivity (Wildman–Crippen MR) is 242 cm³/mol. The number of nitrogens with zero attached hydrogens (tertiary/aromatic N) is 1. The molecule has 0 bridgehead atoms. The van der Waals surface area contributed by atoms with Crippen molar-refractivity contribution in [2.24, 2.45) is 0 Å². The number of thiophene rings is 1. The second-order valence-corrected chi connectivity index (χ2v) is 16.6. The number of hydrogen-bond acceptors (Lipinski definition) is 2. The zero-order valence-corrected chi connectivity index (χ0v) is 32.5. The van der Waals surface area contributed by atoms with Gasteiger partial charge in [-0.25, -0.2) is 0 Å². The Kier molecular flexibility index (Phi) is 9.21. The molecule has 1 aliphatic rings. The summed E-state index contributed by atoms with van der Waals surface area (Å²) in [5.41, 5.74) is 11.4. The molecule has 0 spiro atoms. The number of fused-ring (bicyclic) bond motifs is 4. The highest BCUT2D eigenvalue weighted by Crippen LogP contribution is 2.47. The van der Waals surface area contributed by atoms with Crippen LogP contribution in [0.5, 0.6) is 0 Å². The monoisotopic (exact) mass is 739 g/mol. The van der Waals surface area contributed by atoms with E-state index in [0.717, 1.165) is 11.4 Å². The molecule has 2 heteroatoms. The van der Waals surface area contributed by atoms with Crippen molar-refractivity contribution >= 4 is 59.3 Å². The summed E-state index contributed by atoms with van der Waals surface area (Å²) in [5, 5.41) is 5.16. The van der Waals surface area contributed by atoms with Crippen LogP contribution in [0.15, 0.2) is 188 Å². The van der Waals surface area contributed by atoms with Crippen LogP contribution in [-0.2, 0) is 5.41 Å². The fourth-order valence-electron chi connectivity index (χ4n) is 9.37. The molecule has 1 aromatic heterocycles. The van der Waals surface area contributed by atoms with Crippen LogP contribution >= 0.6 is 11.3 Å². The minimum atomic E-state index is 0.0366. The molecular weight excluding hydrogens is 695 g/mol. The van der Waals surface area contributed by atoms with Gasteiger partial charge in [-0.3, -0.25) is 0 Å². The quantitative estimate of drug-likeness (QED) is 0.157. The maximum absolute atomic E-state index is 2.45. The smallest absolute Gasteiger partial charge is 0.0468 e. The third-order valence-electron chi connectivity index (χ3n) is 12.2. The molecule has 1 fully saturated rings. The second-order valence-electron chi connectivity index (χ2n) is 15.5. The third kappa shape index (κ3) is 6.38. The van der Waals surface area contributed by atoms with Gasteiger partial charge in [-0.2, -0.15) is 0 Å². The average Bonchev–Trinajstić information content (AvgIpc) is 3.63. The molecule has 1 nitrogen and oxygen atoms in total. The largest absolute Gasteiger partial charge is 0.310 e. The molecule has 0 N–H and O–H groups in total. The van der Waals surface area contributed by atoms with Crippen molar-refractivity contribution in [2.45, 2.75) is 50.4 Å². The Morgan fingerprint density at radius 3 is 1.75 bits per heavy atom. The highest BCUT2D eigenvalue weighted by Gasteiger charge is 2.34. The van der Waals surface area contributed by atoms with Crippen molar-refractivity contribution in [3.05, 3.63) is 199 Å². The van der Waals surface area contributed by atoms with Gasteiger partial charge in [0.2, 0.25) is 0 Å². The molecule has 272 valence electrons. The zero-order valence-electron chi connectivity index (χ0n) is 31.7. The molecule has 8 aromatic carbocycles. The number of rotatable bonds is 7. The summed E-state index contributed by atoms with van der Waals surface area (Å²) in [6.07, 6.45) is 8.93. The van der Waals surface area contributed by atoms with Crippen molar-refractivity contribution in [2.75, 3.05) is 4.90 Å². The van der Waals surface area contributed by atoms with Crippen LogP contribution < -0.4 is 4.90 Å². The first kappa shape index (κ1) is 34.5. The van der Waals surface area contributed by atoms with Crippen LogP contribution in [0, 0.1) is 0 Å². The van der Waals surface area contributed by atoms with Crippen molar-refractivity contribution in [3.8, 4) is 22.3 Å². The first-order valence-electron chi connectivity index (χ1n) is 20.3. The maximum Gasteiger partial charge on any atom is 0.0468 e. The summed E-state index contributed by atoms with van der Waals surface area (Å²) in [4.78, 5) is 2.45. The van der Waals surface area contributed by atoms with Crippen LogP contribution in [0.1, 0.15) is 56.1 Å². The third-order valence-corrected chi connectivity index (χ3v) is 13.4. The first-order valence-corrected chi connectivity index (χ1v) is 21.1. The molecule has 1 saturated carbocycles. The van der Waals surface area contributed by atoms with Gasteiger partial charge in [-0.1, -0.05) is 166 Å². The lowest BCUT2D eigenvalue weighted by Gasteiger charge is -2.37. The Bertz CT molecular complexity index is 2750. The van der Waals surface area contributed by atoms with Crippen LogP contribution in [0.4, 0.5) is 17.1 Å². The van der Waals surface area contributed by atoms with Gasteiger partial charge >= 0.3 is 0 Å². The van der Waals surface area contributed by atoms with E-state index in [1.807, 2.05) is 11.3 Å². The van der Waals surface area contributed by atoms with E-state index in [9.17, 15) is 0 Å². The summed E-state index contributed by atoms with van der Waals surface area (Å²) >= 11 is 1.88. The standard InChI is InChI=1S/C54H45NS/c1-2-12-35-54(36-13-3-1,44-19-8-5-9-20-44)45-27-31-47(32-28-45)55(46-29-25-40(26-30-46)43-24-23-39-15-10-11-18-42(39)37-43)48-33-34-51-50(38-48)53-49(21-14-22-52(53)56-51)41-16-6-4-7-17-41/h4-11,14-34,37-38H,1-3,12-13,35-36H2. The van der Waals surface area contributed by atoms with Gasteiger partial charge in [0.1, 0.15) is 0 Å². The number of hydrogen-bond donors (Lipinski definition) is 0. The lowest BCUT2D eigenvalue weighted by Crippen LogP contribution is -2.29. The molecule has 0 aliphatic heterocycles. The molecule has 9 aromatic rings. The van der Waals surface area contributed by atoms with E-state index < -0.39 is 0 Å². The molecule has 0 saturated heterocycles. The van der Waals surface area contributed by atoms with Gasteiger partial charge in [0.05, 0.1) is 0 Å². The molecule has 56 heavy (non-hydrogen) atoms. The molecular formula is C54H45NS. The highest BCUT2D eigenvalue weighted by molar-refractivity contribution is 7.26. The van der Waals surface area contributed by atoms with Crippen molar-refractivity contribution in [1.82, 2.24) is 0 Å². The maximum atomic E-state index is 2.45. The Balaban J connectivity index is 1.11. The van der Waals surface area contributed by atoms with E-state index >= 15 is 0 Å². The molecule has 1 aliphatic carbocycles. The van der Waals surface area contributed by atoms with Crippen LogP contribution in [0.25, 0.3) is 53.2 Å². The molecule has 0 unspecified atom stereocenters. The average molecular weight is 740 g/mol. The minimum absolute atomic E-state index is 0.0366. The van der Waals surface area contributed by atoms with Gasteiger partial charge in [0.25, 0.3) is 0 Å². The number of benzene rings is 8. The lowest BCUT2D eigenvalue weighted by molar-refractivity contribution is 0.366. The molecule has 0 atom stereocenters. The van der Waals surface area contributed by atoms with E-state index in [2.05, 4.69) is 193 Å².